The number of aliphatic imine (C=N–C) groups is 1. The molecule has 2 unspecified atom stereocenters. The summed E-state index contributed by atoms with van der Waals surface area (Å²) in [6, 6.07) is 9.15. The largest absolute Gasteiger partial charge is 0.340 e. The smallest absolute Gasteiger partial charge is 0.325 e. The summed E-state index contributed by atoms with van der Waals surface area (Å²) in [7, 11) is 1.69. The van der Waals surface area contributed by atoms with Gasteiger partial charge in [0.05, 0.1) is 0 Å². The fourth-order valence-corrected chi connectivity index (χ4v) is 4.21. The molecule has 2 saturated heterocycles. The maximum atomic E-state index is 12.7. The molecule has 0 bridgehead atoms. The standard InChI is InChI=1S/C21H28N6O2/c1-15(2)13-25-9-11-26(12-10-25)20-22-18-17(19(28)23-21(29)24(18)3)27(20)14-16-7-5-4-6-8-16/h4-8,17-18H,1,9-14H2,2-3H3,(H,23,28,29). The maximum absolute atomic E-state index is 12.7. The molecule has 2 atom stereocenters. The van der Waals surface area contributed by atoms with E-state index in [1.807, 2.05) is 42.2 Å². The highest BCUT2D eigenvalue weighted by atomic mass is 16.2. The van der Waals surface area contributed by atoms with Crippen molar-refractivity contribution >= 4 is 17.9 Å². The van der Waals surface area contributed by atoms with Crippen molar-refractivity contribution < 1.29 is 9.59 Å². The fraction of sp³-hybridized carbons (Fsp3) is 0.476. The van der Waals surface area contributed by atoms with E-state index >= 15 is 0 Å². The molecule has 2 fully saturated rings. The van der Waals surface area contributed by atoms with E-state index < -0.39 is 18.2 Å². The third kappa shape index (κ3) is 3.85. The van der Waals surface area contributed by atoms with E-state index in [2.05, 4.69) is 21.7 Å². The van der Waals surface area contributed by atoms with Crippen LogP contribution in [0.4, 0.5) is 4.79 Å². The van der Waals surface area contributed by atoms with Crippen LogP contribution >= 0.6 is 0 Å². The van der Waals surface area contributed by atoms with Crippen LogP contribution in [0.15, 0.2) is 47.5 Å². The molecule has 3 heterocycles. The fourth-order valence-electron chi connectivity index (χ4n) is 4.21. The van der Waals surface area contributed by atoms with Crippen molar-refractivity contribution in [3.8, 4) is 0 Å². The number of imide groups is 1. The predicted octanol–water partition coefficient (Wildman–Crippen LogP) is 0.928. The molecule has 4 rings (SSSR count). The Bertz CT molecular complexity index is 831. The monoisotopic (exact) mass is 396 g/mol. The lowest BCUT2D eigenvalue weighted by Gasteiger charge is -2.40. The van der Waals surface area contributed by atoms with Gasteiger partial charge < -0.3 is 14.7 Å². The van der Waals surface area contributed by atoms with E-state index in [0.29, 0.717) is 6.54 Å². The normalized spacial score (nSPS) is 25.0. The Morgan fingerprint density at radius 1 is 1.17 bits per heavy atom. The number of fused-ring (bicyclic) bond motifs is 1. The zero-order valence-electron chi connectivity index (χ0n) is 17.0. The first-order chi connectivity index (χ1) is 13.9. The lowest BCUT2D eigenvalue weighted by molar-refractivity contribution is -0.127. The van der Waals surface area contributed by atoms with Gasteiger partial charge in [0.1, 0.15) is 0 Å². The minimum absolute atomic E-state index is 0.284. The number of piperazine rings is 1. The predicted molar refractivity (Wildman–Crippen MR) is 111 cm³/mol. The molecule has 3 aliphatic heterocycles. The zero-order valence-corrected chi connectivity index (χ0v) is 17.0. The molecule has 0 spiro atoms. The van der Waals surface area contributed by atoms with E-state index in [1.165, 1.54) is 4.90 Å². The molecule has 154 valence electrons. The van der Waals surface area contributed by atoms with Crippen molar-refractivity contribution in [3.63, 3.8) is 0 Å². The topological polar surface area (TPSA) is 71.5 Å². The number of hydrogen-bond acceptors (Lipinski definition) is 6. The number of likely N-dealkylation sites (N-methyl/N-ethyl adjacent to an activating group) is 1. The lowest BCUT2D eigenvalue weighted by Crippen LogP contribution is -2.64. The molecule has 3 aliphatic rings. The number of carbonyl (C=O) groups is 2. The van der Waals surface area contributed by atoms with Gasteiger partial charge in [-0.1, -0.05) is 42.5 Å². The molecule has 29 heavy (non-hydrogen) atoms. The quantitative estimate of drug-likeness (QED) is 0.767. The molecular formula is C21H28N6O2. The van der Waals surface area contributed by atoms with Crippen molar-refractivity contribution in [1.82, 2.24) is 24.9 Å². The molecule has 1 N–H and O–H groups in total. The summed E-state index contributed by atoms with van der Waals surface area (Å²) in [5.74, 6) is 0.518. The van der Waals surface area contributed by atoms with Crippen LogP contribution in [-0.2, 0) is 11.3 Å². The lowest BCUT2D eigenvalue weighted by atomic mass is 10.1. The summed E-state index contributed by atoms with van der Waals surface area (Å²) in [6.07, 6.45) is -0.497. The van der Waals surface area contributed by atoms with Crippen LogP contribution in [0.3, 0.4) is 0 Å². The van der Waals surface area contributed by atoms with Gasteiger partial charge in [-0.3, -0.25) is 15.0 Å². The van der Waals surface area contributed by atoms with Crippen LogP contribution in [0.1, 0.15) is 12.5 Å². The Hall–Kier alpha value is -2.87. The third-order valence-corrected chi connectivity index (χ3v) is 5.68. The van der Waals surface area contributed by atoms with Crippen LogP contribution in [0.5, 0.6) is 0 Å². The van der Waals surface area contributed by atoms with Gasteiger partial charge in [0, 0.05) is 46.3 Å². The second-order valence-corrected chi connectivity index (χ2v) is 8.03. The first-order valence-electron chi connectivity index (χ1n) is 10.0. The van der Waals surface area contributed by atoms with Crippen LogP contribution in [-0.4, -0.2) is 89.5 Å². The number of guanidine groups is 1. The number of rotatable bonds is 4. The average molecular weight is 396 g/mol. The minimum Gasteiger partial charge on any atom is -0.340 e. The Morgan fingerprint density at radius 2 is 1.86 bits per heavy atom. The van der Waals surface area contributed by atoms with Crippen LogP contribution in [0.2, 0.25) is 0 Å². The van der Waals surface area contributed by atoms with Gasteiger partial charge >= 0.3 is 6.03 Å². The number of nitrogens with zero attached hydrogens (tertiary/aromatic N) is 5. The van der Waals surface area contributed by atoms with E-state index in [-0.39, 0.29) is 5.91 Å². The summed E-state index contributed by atoms with van der Waals surface area (Å²) in [5, 5.41) is 2.46. The second kappa shape index (κ2) is 7.87. The zero-order chi connectivity index (χ0) is 20.5. The van der Waals surface area contributed by atoms with Crippen molar-refractivity contribution in [2.45, 2.75) is 25.7 Å². The summed E-state index contributed by atoms with van der Waals surface area (Å²) in [6.45, 7) is 11.0. The summed E-state index contributed by atoms with van der Waals surface area (Å²) in [5.41, 5.74) is 2.26. The Morgan fingerprint density at radius 3 is 2.52 bits per heavy atom. The Balaban J connectivity index is 1.58. The summed E-state index contributed by atoms with van der Waals surface area (Å²) in [4.78, 5) is 37.9. The highest BCUT2D eigenvalue weighted by Gasteiger charge is 2.49. The number of benzene rings is 1. The molecule has 1 aromatic rings. The third-order valence-electron chi connectivity index (χ3n) is 5.68. The van der Waals surface area contributed by atoms with Gasteiger partial charge in [-0.15, -0.1) is 0 Å². The van der Waals surface area contributed by atoms with E-state index in [1.54, 1.807) is 7.05 Å². The van der Waals surface area contributed by atoms with Gasteiger partial charge in [0.25, 0.3) is 5.91 Å². The second-order valence-electron chi connectivity index (χ2n) is 8.03. The average Bonchev–Trinajstić information content (AvgIpc) is 3.07. The number of amides is 3. The summed E-state index contributed by atoms with van der Waals surface area (Å²) >= 11 is 0. The van der Waals surface area contributed by atoms with Gasteiger partial charge in [-0.2, -0.15) is 0 Å². The molecule has 0 aromatic heterocycles. The van der Waals surface area contributed by atoms with E-state index in [4.69, 9.17) is 4.99 Å². The van der Waals surface area contributed by atoms with Crippen molar-refractivity contribution in [2.75, 3.05) is 39.8 Å². The van der Waals surface area contributed by atoms with Crippen LogP contribution in [0.25, 0.3) is 0 Å². The minimum atomic E-state index is -0.513. The highest BCUT2D eigenvalue weighted by Crippen LogP contribution is 2.27. The van der Waals surface area contributed by atoms with Gasteiger partial charge in [0.15, 0.2) is 18.2 Å². The van der Waals surface area contributed by atoms with Gasteiger partial charge in [-0.05, 0) is 12.5 Å². The van der Waals surface area contributed by atoms with Crippen molar-refractivity contribution in [2.24, 2.45) is 4.99 Å². The Kier molecular flexibility index (Phi) is 5.27. The molecule has 8 heteroatoms. The van der Waals surface area contributed by atoms with E-state index in [9.17, 15) is 9.59 Å². The first-order valence-corrected chi connectivity index (χ1v) is 10.0. The SMILES string of the molecule is C=C(C)CN1CCN(C2=NC3C(C(=O)NC(=O)N3C)N2Cc2ccccc2)CC1. The summed E-state index contributed by atoms with van der Waals surface area (Å²) < 4.78 is 0. The van der Waals surface area contributed by atoms with Gasteiger partial charge in [-0.25, -0.2) is 9.79 Å². The maximum Gasteiger partial charge on any atom is 0.325 e. The number of carbonyl (C=O) groups excluding carboxylic acids is 2. The van der Waals surface area contributed by atoms with Crippen molar-refractivity contribution in [3.05, 3.63) is 48.0 Å². The molecular weight excluding hydrogens is 368 g/mol. The van der Waals surface area contributed by atoms with Crippen LogP contribution < -0.4 is 5.32 Å². The molecule has 0 aliphatic carbocycles. The molecule has 3 amide bonds. The van der Waals surface area contributed by atoms with Crippen molar-refractivity contribution in [1.29, 1.82) is 0 Å². The molecule has 0 radical (unpaired) electrons. The molecule has 8 nitrogen and oxygen atoms in total. The number of hydrogen-bond donors (Lipinski definition) is 1. The number of urea groups is 1. The van der Waals surface area contributed by atoms with Gasteiger partial charge in [0.2, 0.25) is 0 Å². The number of nitrogens with one attached hydrogen (secondary N) is 1. The Labute approximate surface area is 171 Å². The van der Waals surface area contributed by atoms with Crippen LogP contribution in [0, 0.1) is 0 Å². The molecule has 0 saturated carbocycles. The molecule has 1 aromatic carbocycles. The first kappa shape index (κ1) is 19.4. The highest BCUT2D eigenvalue weighted by molar-refractivity contribution is 6.03. The van der Waals surface area contributed by atoms with E-state index in [0.717, 1.165) is 49.8 Å².